The number of rotatable bonds is 2. The quantitative estimate of drug-likeness (QED) is 0.705. The molecule has 0 unspecified atom stereocenters. The number of benzene rings is 1. The Hall–Kier alpha value is -1.22. The normalized spacial score (nSPS) is 11.1. The minimum absolute atomic E-state index is 0.0547. The second-order valence-electron chi connectivity index (χ2n) is 3.61. The van der Waals surface area contributed by atoms with Crippen LogP contribution in [-0.4, -0.2) is 10.2 Å². The molecule has 14 heavy (non-hydrogen) atoms. The molecule has 0 N–H and O–H groups in total. The zero-order valence-electron chi connectivity index (χ0n) is 8.15. The van der Waals surface area contributed by atoms with E-state index in [9.17, 15) is 4.79 Å². The van der Waals surface area contributed by atoms with Gasteiger partial charge in [-0.2, -0.15) is 4.37 Å². The monoisotopic (exact) mass is 205 g/mol. The van der Waals surface area contributed by atoms with Crippen molar-refractivity contribution in [3.63, 3.8) is 0 Å². The van der Waals surface area contributed by atoms with Crippen molar-refractivity contribution in [3.8, 4) is 0 Å². The van der Waals surface area contributed by atoms with Gasteiger partial charge < -0.3 is 0 Å². The molecular formula is C11H11NOS. The van der Waals surface area contributed by atoms with Crippen LogP contribution in [-0.2, 0) is 0 Å². The summed E-state index contributed by atoms with van der Waals surface area (Å²) in [6.07, 6.45) is 0. The van der Waals surface area contributed by atoms with E-state index in [0.717, 1.165) is 16.5 Å². The fourth-order valence-corrected chi connectivity index (χ4v) is 1.99. The third-order valence-corrected chi connectivity index (χ3v) is 2.83. The SMILES string of the molecule is CC(C)C(=O)c1ccc2nscc2c1. The molecule has 2 nitrogen and oxygen atoms in total. The molecule has 0 atom stereocenters. The zero-order chi connectivity index (χ0) is 10.1. The maximum atomic E-state index is 11.7. The van der Waals surface area contributed by atoms with Crippen LogP contribution < -0.4 is 0 Å². The highest BCUT2D eigenvalue weighted by molar-refractivity contribution is 7.04. The van der Waals surface area contributed by atoms with Gasteiger partial charge in [0.05, 0.1) is 5.52 Å². The van der Waals surface area contributed by atoms with E-state index in [1.165, 1.54) is 11.5 Å². The number of ketones is 1. The number of aromatic nitrogens is 1. The lowest BCUT2D eigenvalue weighted by Gasteiger charge is -2.03. The van der Waals surface area contributed by atoms with Gasteiger partial charge in [-0.3, -0.25) is 4.79 Å². The third-order valence-electron chi connectivity index (χ3n) is 2.17. The number of Topliss-reactive ketones (excluding diaryl/α,β-unsaturated/α-hetero) is 1. The van der Waals surface area contributed by atoms with E-state index >= 15 is 0 Å². The molecule has 3 heteroatoms. The smallest absolute Gasteiger partial charge is 0.165 e. The van der Waals surface area contributed by atoms with E-state index in [4.69, 9.17) is 0 Å². The highest BCUT2D eigenvalue weighted by Crippen LogP contribution is 2.18. The zero-order valence-corrected chi connectivity index (χ0v) is 8.97. The Morgan fingerprint density at radius 1 is 1.43 bits per heavy atom. The summed E-state index contributed by atoms with van der Waals surface area (Å²) >= 11 is 1.42. The van der Waals surface area contributed by atoms with Crippen molar-refractivity contribution in [3.05, 3.63) is 29.1 Å². The van der Waals surface area contributed by atoms with Crippen molar-refractivity contribution in [1.29, 1.82) is 0 Å². The van der Waals surface area contributed by atoms with Gasteiger partial charge in [0.1, 0.15) is 0 Å². The minimum atomic E-state index is 0.0547. The molecule has 1 aromatic carbocycles. The van der Waals surface area contributed by atoms with Gasteiger partial charge in [-0.15, -0.1) is 0 Å². The Bertz CT molecular complexity index is 473. The first-order valence-corrected chi connectivity index (χ1v) is 5.40. The predicted octanol–water partition coefficient (Wildman–Crippen LogP) is 3.14. The van der Waals surface area contributed by atoms with Crippen LogP contribution in [0.4, 0.5) is 0 Å². The van der Waals surface area contributed by atoms with E-state index < -0.39 is 0 Å². The van der Waals surface area contributed by atoms with E-state index in [1.54, 1.807) is 0 Å². The molecule has 0 spiro atoms. The molecule has 0 amide bonds. The summed E-state index contributed by atoms with van der Waals surface area (Å²) in [5.41, 5.74) is 1.75. The Kier molecular flexibility index (Phi) is 2.33. The summed E-state index contributed by atoms with van der Waals surface area (Å²) < 4.78 is 4.19. The van der Waals surface area contributed by atoms with E-state index in [-0.39, 0.29) is 11.7 Å². The van der Waals surface area contributed by atoms with Gasteiger partial charge in [-0.1, -0.05) is 13.8 Å². The van der Waals surface area contributed by atoms with Gasteiger partial charge in [-0.25, -0.2) is 0 Å². The van der Waals surface area contributed by atoms with Crippen molar-refractivity contribution in [2.45, 2.75) is 13.8 Å². The van der Waals surface area contributed by atoms with Crippen LogP contribution >= 0.6 is 11.5 Å². The second kappa shape index (κ2) is 3.50. The maximum Gasteiger partial charge on any atom is 0.165 e. The summed E-state index contributed by atoms with van der Waals surface area (Å²) in [5, 5.41) is 3.02. The van der Waals surface area contributed by atoms with E-state index in [2.05, 4.69) is 4.37 Å². The van der Waals surface area contributed by atoms with Gasteiger partial charge in [0, 0.05) is 22.2 Å². The summed E-state index contributed by atoms with van der Waals surface area (Å²) in [7, 11) is 0. The van der Waals surface area contributed by atoms with Crippen LogP contribution in [0.3, 0.4) is 0 Å². The molecule has 1 heterocycles. The summed E-state index contributed by atoms with van der Waals surface area (Å²) in [4.78, 5) is 11.7. The maximum absolute atomic E-state index is 11.7. The van der Waals surface area contributed by atoms with Gasteiger partial charge in [0.2, 0.25) is 0 Å². The number of hydrogen-bond donors (Lipinski definition) is 0. The van der Waals surface area contributed by atoms with Crippen molar-refractivity contribution >= 4 is 28.2 Å². The molecule has 72 valence electrons. The Morgan fingerprint density at radius 2 is 2.21 bits per heavy atom. The Labute approximate surface area is 86.7 Å². The molecule has 0 aliphatic heterocycles. The molecule has 0 fully saturated rings. The van der Waals surface area contributed by atoms with Gasteiger partial charge in [0.25, 0.3) is 0 Å². The Balaban J connectivity index is 2.48. The molecule has 0 aliphatic carbocycles. The third kappa shape index (κ3) is 1.55. The van der Waals surface area contributed by atoms with Crippen LogP contribution in [0, 0.1) is 5.92 Å². The molecule has 0 radical (unpaired) electrons. The number of carbonyl (C=O) groups is 1. The van der Waals surface area contributed by atoms with Crippen molar-refractivity contribution in [2.24, 2.45) is 5.92 Å². The Morgan fingerprint density at radius 3 is 2.93 bits per heavy atom. The van der Waals surface area contributed by atoms with Crippen molar-refractivity contribution in [1.82, 2.24) is 4.37 Å². The number of hydrogen-bond acceptors (Lipinski definition) is 3. The molecule has 0 aliphatic rings. The topological polar surface area (TPSA) is 30.0 Å². The van der Waals surface area contributed by atoms with Crippen molar-refractivity contribution < 1.29 is 4.79 Å². The van der Waals surface area contributed by atoms with Crippen LogP contribution in [0.1, 0.15) is 24.2 Å². The molecule has 0 bridgehead atoms. The standard InChI is InChI=1S/C11H11NOS/c1-7(2)11(13)8-3-4-10-9(5-8)6-14-12-10/h3-7H,1-2H3. The first-order chi connectivity index (χ1) is 6.68. The van der Waals surface area contributed by atoms with Gasteiger partial charge in [-0.05, 0) is 29.7 Å². The molecule has 2 rings (SSSR count). The predicted molar refractivity (Wildman–Crippen MR) is 58.8 cm³/mol. The number of nitrogens with zero attached hydrogens (tertiary/aromatic N) is 1. The minimum Gasteiger partial charge on any atom is -0.294 e. The van der Waals surface area contributed by atoms with Crippen molar-refractivity contribution in [2.75, 3.05) is 0 Å². The van der Waals surface area contributed by atoms with Crippen LogP contribution in [0.5, 0.6) is 0 Å². The van der Waals surface area contributed by atoms with Crippen LogP contribution in [0.15, 0.2) is 23.6 Å². The largest absolute Gasteiger partial charge is 0.294 e. The average molecular weight is 205 g/mol. The lowest BCUT2D eigenvalue weighted by molar-refractivity contribution is 0.0939. The van der Waals surface area contributed by atoms with E-state index in [0.29, 0.717) is 0 Å². The summed E-state index contributed by atoms with van der Waals surface area (Å²) in [6.45, 7) is 3.83. The average Bonchev–Trinajstić information content (AvgIpc) is 2.62. The van der Waals surface area contributed by atoms with Gasteiger partial charge in [0.15, 0.2) is 5.78 Å². The molecule has 0 saturated carbocycles. The molecule has 1 aromatic heterocycles. The number of fused-ring (bicyclic) bond motifs is 1. The summed E-state index contributed by atoms with van der Waals surface area (Å²) in [6, 6.07) is 5.67. The molecule has 0 saturated heterocycles. The van der Waals surface area contributed by atoms with Crippen LogP contribution in [0.2, 0.25) is 0 Å². The first-order valence-electron chi connectivity index (χ1n) is 4.57. The molecular weight excluding hydrogens is 194 g/mol. The highest BCUT2D eigenvalue weighted by atomic mass is 32.1. The van der Waals surface area contributed by atoms with E-state index in [1.807, 2.05) is 37.4 Å². The number of carbonyl (C=O) groups excluding carboxylic acids is 1. The second-order valence-corrected chi connectivity index (χ2v) is 4.24. The highest BCUT2D eigenvalue weighted by Gasteiger charge is 2.10. The fraction of sp³-hybridized carbons (Fsp3) is 0.273. The fourth-order valence-electron chi connectivity index (χ4n) is 1.36. The first kappa shape index (κ1) is 9.34. The summed E-state index contributed by atoms with van der Waals surface area (Å²) in [5.74, 6) is 0.247. The van der Waals surface area contributed by atoms with Gasteiger partial charge >= 0.3 is 0 Å². The lowest BCUT2D eigenvalue weighted by Crippen LogP contribution is -2.06. The lowest BCUT2D eigenvalue weighted by atomic mass is 10.0. The van der Waals surface area contributed by atoms with Crippen LogP contribution in [0.25, 0.3) is 10.9 Å². The molecule has 2 aromatic rings.